The summed E-state index contributed by atoms with van der Waals surface area (Å²) in [5.74, 6) is 0.239. The van der Waals surface area contributed by atoms with Crippen LogP contribution in [-0.4, -0.2) is 11.4 Å². The number of hydrogen-bond acceptors (Lipinski definition) is 1. The molecule has 1 nitrogen and oxygen atoms in total. The van der Waals surface area contributed by atoms with Crippen LogP contribution in [0.15, 0.2) is 91.0 Å². The predicted octanol–water partition coefficient (Wildman–Crippen LogP) is 5.58. The molecule has 0 bridgehead atoms. The Bertz CT molecular complexity index is 794. The molecule has 0 aromatic heterocycles. The van der Waals surface area contributed by atoms with E-state index >= 15 is 0 Å². The Kier molecular flexibility index (Phi) is 5.99. The minimum absolute atomic E-state index is 0.117. The topological polar surface area (TPSA) is 17.1 Å². The third kappa shape index (κ3) is 3.20. The number of rotatable bonds is 7. The van der Waals surface area contributed by atoms with Crippen molar-refractivity contribution in [3.8, 4) is 0 Å². The number of carbonyl (C=O) groups excluding carboxylic acids is 1. The van der Waals surface area contributed by atoms with Crippen LogP contribution in [-0.2, 0) is 4.79 Å². The summed E-state index contributed by atoms with van der Waals surface area (Å²) in [4.78, 5) is 13.1. The van der Waals surface area contributed by atoms with E-state index in [0.717, 1.165) is 12.8 Å². The molecule has 140 valence electrons. The van der Waals surface area contributed by atoms with Crippen molar-refractivity contribution < 1.29 is 4.79 Å². The molecule has 1 unspecified atom stereocenters. The molecule has 1 atom stereocenters. The molecule has 0 spiro atoms. The molecule has 3 aromatic carbocycles. The third-order valence-electron chi connectivity index (χ3n) is 5.40. The maximum absolute atomic E-state index is 13.1. The zero-order chi connectivity index (χ0) is 19.4. The zero-order valence-corrected chi connectivity index (χ0v) is 18.4. The molecule has 3 aromatic rings. The first-order valence-electron chi connectivity index (χ1n) is 9.44. The van der Waals surface area contributed by atoms with E-state index < -0.39 is 5.31 Å². The summed E-state index contributed by atoms with van der Waals surface area (Å²) in [6, 6.07) is 31.6. The average molecular weight is 441 g/mol. The van der Waals surface area contributed by atoms with Crippen LogP contribution in [0.25, 0.3) is 0 Å². The number of carbonyl (C=O) groups is 1. The van der Waals surface area contributed by atoms with E-state index in [-0.39, 0.29) is 11.4 Å². The molecule has 0 radical (unpaired) electrons. The van der Waals surface area contributed by atoms with Crippen molar-refractivity contribution in [1.82, 2.24) is 0 Å². The van der Waals surface area contributed by atoms with Gasteiger partial charge in [-0.2, -0.15) is 0 Å². The molecule has 27 heavy (non-hydrogen) atoms. The number of ketones is 1. The molecule has 0 aliphatic carbocycles. The zero-order valence-electron chi connectivity index (χ0n) is 15.9. The number of Topliss-reactive ketones (excluding diaryl/α,β-unsaturated/α-hetero) is 1. The van der Waals surface area contributed by atoms with Gasteiger partial charge >= 0.3 is 171 Å². The number of benzene rings is 3. The molecule has 0 heterocycles. The van der Waals surface area contributed by atoms with Gasteiger partial charge in [0.15, 0.2) is 0 Å². The fraction of sp³-hybridized carbons (Fsp3) is 0.208. The van der Waals surface area contributed by atoms with E-state index in [1.165, 1.54) is 15.9 Å². The van der Waals surface area contributed by atoms with Crippen LogP contribution in [0.4, 0.5) is 0 Å². The van der Waals surface area contributed by atoms with Crippen LogP contribution in [0.1, 0.15) is 26.7 Å². The maximum atomic E-state index is 13.1. The Hall–Kier alpha value is -1.76. The fourth-order valence-corrected chi connectivity index (χ4v) is 13.5. The van der Waals surface area contributed by atoms with Gasteiger partial charge in [0, 0.05) is 0 Å². The Labute approximate surface area is 170 Å². The van der Waals surface area contributed by atoms with Crippen molar-refractivity contribution in [2.75, 3.05) is 0 Å². The summed E-state index contributed by atoms with van der Waals surface area (Å²) >= 11 is 4.40. The molecular formula is C24H26BrOP. The quantitative estimate of drug-likeness (QED) is 0.438. The molecule has 0 saturated heterocycles. The molecule has 0 N–H and O–H groups in total. The van der Waals surface area contributed by atoms with Crippen LogP contribution >= 0.6 is 20.8 Å². The van der Waals surface area contributed by atoms with Crippen molar-refractivity contribution in [3.05, 3.63) is 91.0 Å². The van der Waals surface area contributed by atoms with Gasteiger partial charge in [-0.25, -0.2) is 0 Å². The van der Waals surface area contributed by atoms with Crippen molar-refractivity contribution in [1.29, 1.82) is 0 Å². The Balaban J connectivity index is 2.52. The monoisotopic (exact) mass is 440 g/mol. The van der Waals surface area contributed by atoms with E-state index in [4.69, 9.17) is 0 Å². The second-order valence-corrected chi connectivity index (χ2v) is 15.7. The summed E-state index contributed by atoms with van der Waals surface area (Å²) in [5.41, 5.74) is -0.117. The summed E-state index contributed by atoms with van der Waals surface area (Å²) in [6.45, 7) is 3.91. The summed E-state index contributed by atoms with van der Waals surface area (Å²) in [7, 11) is 0. The van der Waals surface area contributed by atoms with Crippen LogP contribution in [0.5, 0.6) is 0 Å². The molecule has 0 saturated carbocycles. The SMILES string of the molecule is CCCC(C(C)=O)P(Br)(c1ccccc1)(c1ccccc1)c1ccccc1. The second kappa shape index (κ2) is 8.09. The molecule has 0 aliphatic rings. The van der Waals surface area contributed by atoms with Gasteiger partial charge in [-0.1, -0.05) is 0 Å². The van der Waals surface area contributed by atoms with Gasteiger partial charge in [0.25, 0.3) is 0 Å². The van der Waals surface area contributed by atoms with E-state index in [9.17, 15) is 4.79 Å². The first-order chi connectivity index (χ1) is 13.0. The molecule has 3 heteroatoms. The van der Waals surface area contributed by atoms with Crippen molar-refractivity contribution in [2.45, 2.75) is 32.3 Å². The first-order valence-corrected chi connectivity index (χ1v) is 13.8. The summed E-state index contributed by atoms with van der Waals surface area (Å²) in [5, 5.41) is 0.416. The van der Waals surface area contributed by atoms with Crippen molar-refractivity contribution in [3.63, 3.8) is 0 Å². The second-order valence-electron chi connectivity index (χ2n) is 7.00. The number of halogens is 1. The number of hydrogen-bond donors (Lipinski definition) is 0. The fourth-order valence-electron chi connectivity index (χ4n) is 4.21. The average Bonchev–Trinajstić information content (AvgIpc) is 2.73. The summed E-state index contributed by atoms with van der Waals surface area (Å²) in [6.07, 6.45) is 1.80. The molecule has 0 fully saturated rings. The van der Waals surface area contributed by atoms with Crippen LogP contribution in [0.2, 0.25) is 0 Å². The molecule has 0 amide bonds. The van der Waals surface area contributed by atoms with E-state index in [1.807, 2.05) is 18.2 Å². The Morgan fingerprint density at radius 1 is 0.778 bits per heavy atom. The Morgan fingerprint density at radius 2 is 1.11 bits per heavy atom. The Morgan fingerprint density at radius 3 is 1.37 bits per heavy atom. The van der Waals surface area contributed by atoms with Gasteiger partial charge in [-0.05, 0) is 0 Å². The van der Waals surface area contributed by atoms with Crippen LogP contribution < -0.4 is 15.9 Å². The third-order valence-corrected chi connectivity index (χ3v) is 16.3. The first kappa shape index (κ1) is 20.0. The van der Waals surface area contributed by atoms with Gasteiger partial charge in [-0.15, -0.1) is 0 Å². The van der Waals surface area contributed by atoms with E-state index in [1.54, 1.807) is 6.92 Å². The van der Waals surface area contributed by atoms with Gasteiger partial charge in [0.2, 0.25) is 0 Å². The summed E-state index contributed by atoms with van der Waals surface area (Å²) < 4.78 is 0. The van der Waals surface area contributed by atoms with E-state index in [0.29, 0.717) is 0 Å². The standard InChI is InChI=1S/C24H26BrOP/c1-3-13-24(20(2)26)27(25,21-14-7-4-8-15-21,22-16-9-5-10-17-22)23-18-11-6-12-19-23/h4-12,14-19,24H,3,13H2,1-2H3. The van der Waals surface area contributed by atoms with Gasteiger partial charge < -0.3 is 0 Å². The van der Waals surface area contributed by atoms with Gasteiger partial charge in [0.1, 0.15) is 0 Å². The van der Waals surface area contributed by atoms with Gasteiger partial charge in [0.05, 0.1) is 0 Å². The van der Waals surface area contributed by atoms with Crippen LogP contribution in [0, 0.1) is 0 Å². The minimum atomic E-state index is -3.19. The molecule has 0 aliphatic heterocycles. The predicted molar refractivity (Wildman–Crippen MR) is 123 cm³/mol. The molecular weight excluding hydrogens is 415 g/mol. The normalized spacial score (nSPS) is 14.1. The van der Waals surface area contributed by atoms with Gasteiger partial charge in [-0.3, -0.25) is 0 Å². The molecule has 3 rings (SSSR count). The van der Waals surface area contributed by atoms with E-state index in [2.05, 4.69) is 95.2 Å². The van der Waals surface area contributed by atoms with Crippen molar-refractivity contribution >= 4 is 42.5 Å². The van der Waals surface area contributed by atoms with Crippen LogP contribution in [0.3, 0.4) is 0 Å². The van der Waals surface area contributed by atoms with Crippen molar-refractivity contribution in [2.24, 2.45) is 0 Å².